The molecule has 0 amide bonds. The molecule has 2 N–H and O–H groups in total. The van der Waals surface area contributed by atoms with Gasteiger partial charge in [0.15, 0.2) is 0 Å². The number of hydrogen-bond donors (Lipinski definition) is 1. The summed E-state index contributed by atoms with van der Waals surface area (Å²) in [6.07, 6.45) is 0.648. The Labute approximate surface area is 83.9 Å². The molecule has 0 bridgehead atoms. The van der Waals surface area contributed by atoms with E-state index in [1.165, 1.54) is 6.07 Å². The third kappa shape index (κ3) is 3.09. The van der Waals surface area contributed by atoms with Gasteiger partial charge in [0.2, 0.25) is 0 Å². The van der Waals surface area contributed by atoms with Crippen molar-refractivity contribution in [3.63, 3.8) is 0 Å². The van der Waals surface area contributed by atoms with Gasteiger partial charge in [0, 0.05) is 24.8 Å². The van der Waals surface area contributed by atoms with E-state index in [1.54, 1.807) is 18.2 Å². The predicted molar refractivity (Wildman–Crippen MR) is 54.4 cm³/mol. The molecule has 1 rings (SSSR count). The molecule has 0 radical (unpaired) electrons. The van der Waals surface area contributed by atoms with Crippen LogP contribution in [0.1, 0.15) is 24.9 Å². The van der Waals surface area contributed by atoms with Crippen LogP contribution in [0.25, 0.3) is 0 Å². The van der Waals surface area contributed by atoms with Gasteiger partial charge in [-0.25, -0.2) is 4.39 Å². The molecule has 14 heavy (non-hydrogen) atoms. The fraction of sp³-hybridized carbons (Fsp3) is 0.455. The van der Waals surface area contributed by atoms with Gasteiger partial charge in [0.1, 0.15) is 5.82 Å². The van der Waals surface area contributed by atoms with Gasteiger partial charge in [-0.1, -0.05) is 18.2 Å². The first-order valence-electron chi connectivity index (χ1n) is 4.83. The number of halogens is 1. The van der Waals surface area contributed by atoms with Crippen LogP contribution in [0.3, 0.4) is 0 Å². The maximum absolute atomic E-state index is 13.2. The molecule has 0 aromatic heterocycles. The second-order valence-corrected chi connectivity index (χ2v) is 3.11. The highest BCUT2D eigenvalue weighted by Gasteiger charge is 2.09. The summed E-state index contributed by atoms with van der Waals surface area (Å²) in [5, 5.41) is 0. The summed E-state index contributed by atoms with van der Waals surface area (Å²) < 4.78 is 18.4. The third-order valence-electron chi connectivity index (χ3n) is 2.08. The molecule has 0 aliphatic heterocycles. The van der Waals surface area contributed by atoms with Crippen molar-refractivity contribution in [1.82, 2.24) is 0 Å². The molecule has 0 heterocycles. The Morgan fingerprint density at radius 2 is 2.14 bits per heavy atom. The van der Waals surface area contributed by atoms with Crippen LogP contribution in [0.5, 0.6) is 0 Å². The maximum Gasteiger partial charge on any atom is 0.127 e. The zero-order valence-electron chi connectivity index (χ0n) is 8.37. The maximum atomic E-state index is 13.2. The molecule has 3 heteroatoms. The van der Waals surface area contributed by atoms with E-state index >= 15 is 0 Å². The van der Waals surface area contributed by atoms with E-state index in [2.05, 4.69) is 0 Å². The standard InChI is InChI=1S/C11H16FNO/c1-2-14-8-7-11(13)9-5-3-4-6-10(9)12/h3-6,11H,2,7-8,13H2,1H3. The first kappa shape index (κ1) is 11.1. The van der Waals surface area contributed by atoms with Crippen molar-refractivity contribution in [2.24, 2.45) is 5.73 Å². The fourth-order valence-corrected chi connectivity index (χ4v) is 1.29. The van der Waals surface area contributed by atoms with Gasteiger partial charge < -0.3 is 10.5 Å². The lowest BCUT2D eigenvalue weighted by Crippen LogP contribution is -2.14. The van der Waals surface area contributed by atoms with Crippen LogP contribution in [-0.2, 0) is 4.74 Å². The zero-order valence-corrected chi connectivity index (χ0v) is 8.37. The van der Waals surface area contributed by atoms with E-state index in [4.69, 9.17) is 10.5 Å². The second kappa shape index (κ2) is 5.73. The quantitative estimate of drug-likeness (QED) is 0.735. The Balaban J connectivity index is 2.51. The minimum Gasteiger partial charge on any atom is -0.382 e. The Kier molecular flexibility index (Phi) is 4.56. The van der Waals surface area contributed by atoms with Crippen LogP contribution in [-0.4, -0.2) is 13.2 Å². The van der Waals surface area contributed by atoms with E-state index < -0.39 is 0 Å². The van der Waals surface area contributed by atoms with E-state index in [-0.39, 0.29) is 11.9 Å². The van der Waals surface area contributed by atoms with Crippen LogP contribution in [0, 0.1) is 5.82 Å². The van der Waals surface area contributed by atoms with Gasteiger partial charge in [-0.15, -0.1) is 0 Å². The van der Waals surface area contributed by atoms with Crippen LogP contribution >= 0.6 is 0 Å². The smallest absolute Gasteiger partial charge is 0.127 e. The minimum atomic E-state index is -0.275. The van der Waals surface area contributed by atoms with Crippen LogP contribution in [0.4, 0.5) is 4.39 Å². The highest BCUT2D eigenvalue weighted by molar-refractivity contribution is 5.20. The Morgan fingerprint density at radius 3 is 2.79 bits per heavy atom. The van der Waals surface area contributed by atoms with Crippen LogP contribution in [0.15, 0.2) is 24.3 Å². The molecular weight excluding hydrogens is 181 g/mol. The average molecular weight is 197 g/mol. The lowest BCUT2D eigenvalue weighted by molar-refractivity contribution is 0.139. The normalized spacial score (nSPS) is 12.8. The van der Waals surface area contributed by atoms with Crippen molar-refractivity contribution in [1.29, 1.82) is 0 Å². The number of hydrogen-bond acceptors (Lipinski definition) is 2. The summed E-state index contributed by atoms with van der Waals surface area (Å²) in [5.41, 5.74) is 6.38. The molecular formula is C11H16FNO. The lowest BCUT2D eigenvalue weighted by Gasteiger charge is -2.12. The van der Waals surface area contributed by atoms with Crippen molar-refractivity contribution in [3.05, 3.63) is 35.6 Å². The predicted octanol–water partition coefficient (Wildman–Crippen LogP) is 2.25. The number of rotatable bonds is 5. The summed E-state index contributed by atoms with van der Waals surface area (Å²) >= 11 is 0. The molecule has 1 unspecified atom stereocenters. The summed E-state index contributed by atoms with van der Waals surface area (Å²) in [5.74, 6) is -0.239. The molecule has 0 aliphatic rings. The van der Waals surface area contributed by atoms with Gasteiger partial charge >= 0.3 is 0 Å². The topological polar surface area (TPSA) is 35.2 Å². The van der Waals surface area contributed by atoms with E-state index in [0.717, 1.165) is 0 Å². The monoisotopic (exact) mass is 197 g/mol. The van der Waals surface area contributed by atoms with Crippen LogP contribution < -0.4 is 5.73 Å². The van der Waals surface area contributed by atoms with Gasteiger partial charge in [-0.2, -0.15) is 0 Å². The second-order valence-electron chi connectivity index (χ2n) is 3.11. The molecule has 78 valence electrons. The Hall–Kier alpha value is -0.930. The molecule has 0 saturated carbocycles. The molecule has 0 fully saturated rings. The zero-order chi connectivity index (χ0) is 10.4. The van der Waals surface area contributed by atoms with E-state index in [9.17, 15) is 4.39 Å². The van der Waals surface area contributed by atoms with Crippen LogP contribution in [0.2, 0.25) is 0 Å². The summed E-state index contributed by atoms with van der Waals surface area (Å²) in [6, 6.07) is 6.32. The van der Waals surface area contributed by atoms with E-state index in [1.807, 2.05) is 6.92 Å². The van der Waals surface area contributed by atoms with Crippen molar-refractivity contribution >= 4 is 0 Å². The van der Waals surface area contributed by atoms with Gasteiger partial charge in [0.05, 0.1) is 0 Å². The average Bonchev–Trinajstić information content (AvgIpc) is 2.18. The molecule has 0 saturated heterocycles. The highest BCUT2D eigenvalue weighted by atomic mass is 19.1. The summed E-state index contributed by atoms with van der Waals surface area (Å²) in [4.78, 5) is 0. The van der Waals surface area contributed by atoms with Crippen molar-refractivity contribution in [2.75, 3.05) is 13.2 Å². The molecule has 2 nitrogen and oxygen atoms in total. The van der Waals surface area contributed by atoms with Crippen molar-refractivity contribution in [3.8, 4) is 0 Å². The Bertz CT molecular complexity index is 278. The SMILES string of the molecule is CCOCCC(N)c1ccccc1F. The highest BCUT2D eigenvalue weighted by Crippen LogP contribution is 2.17. The third-order valence-corrected chi connectivity index (χ3v) is 2.08. The first-order chi connectivity index (χ1) is 6.75. The molecule has 1 aromatic rings. The lowest BCUT2D eigenvalue weighted by atomic mass is 10.0. The largest absolute Gasteiger partial charge is 0.382 e. The number of benzene rings is 1. The molecule has 1 atom stereocenters. The first-order valence-corrected chi connectivity index (χ1v) is 4.83. The number of ether oxygens (including phenoxy) is 1. The summed E-state index contributed by atoms with van der Waals surface area (Å²) in [6.45, 7) is 3.17. The Morgan fingerprint density at radius 1 is 1.43 bits per heavy atom. The minimum absolute atomic E-state index is 0.239. The van der Waals surface area contributed by atoms with Gasteiger partial charge in [-0.05, 0) is 19.4 Å². The van der Waals surface area contributed by atoms with Gasteiger partial charge in [0.25, 0.3) is 0 Å². The fourth-order valence-electron chi connectivity index (χ4n) is 1.29. The van der Waals surface area contributed by atoms with E-state index in [0.29, 0.717) is 25.2 Å². The molecule has 1 aromatic carbocycles. The molecule has 0 spiro atoms. The van der Waals surface area contributed by atoms with Crippen molar-refractivity contribution < 1.29 is 9.13 Å². The number of nitrogens with two attached hydrogens (primary N) is 1. The summed E-state index contributed by atoms with van der Waals surface area (Å²) in [7, 11) is 0. The molecule has 0 aliphatic carbocycles. The van der Waals surface area contributed by atoms with Crippen molar-refractivity contribution in [2.45, 2.75) is 19.4 Å². The van der Waals surface area contributed by atoms with Gasteiger partial charge in [-0.3, -0.25) is 0 Å².